The highest BCUT2D eigenvalue weighted by Crippen LogP contribution is 2.41. The molecule has 1 saturated heterocycles. The smallest absolute Gasteiger partial charge is 0.175 e. The van der Waals surface area contributed by atoms with Crippen LogP contribution < -0.4 is 10.5 Å². The second-order valence-electron chi connectivity index (χ2n) is 4.92. The predicted octanol–water partition coefficient (Wildman–Crippen LogP) is 2.83. The van der Waals surface area contributed by atoms with E-state index in [-0.39, 0.29) is 5.92 Å². The number of nitrogens with zero attached hydrogens (tertiary/aromatic N) is 1. The van der Waals surface area contributed by atoms with Crippen LogP contribution in [0.1, 0.15) is 24.5 Å². The number of rotatable bonds is 3. The molecule has 1 aromatic carbocycles. The molecule has 20 heavy (non-hydrogen) atoms. The van der Waals surface area contributed by atoms with E-state index in [1.54, 1.807) is 7.11 Å². The van der Waals surface area contributed by atoms with Crippen molar-refractivity contribution < 1.29 is 14.0 Å². The number of benzene rings is 1. The summed E-state index contributed by atoms with van der Waals surface area (Å²) in [6.07, 6.45) is 2.05. The molecule has 2 heterocycles. The zero-order chi connectivity index (χ0) is 13.9. The minimum Gasteiger partial charge on any atom is -0.496 e. The number of nitrogen functional groups attached to an aromatic ring is 1. The van der Waals surface area contributed by atoms with E-state index in [1.807, 2.05) is 24.3 Å². The second-order valence-corrected chi connectivity index (χ2v) is 4.92. The van der Waals surface area contributed by atoms with Crippen LogP contribution in [0.3, 0.4) is 0 Å². The molecule has 106 valence electrons. The molecule has 5 heteroatoms. The summed E-state index contributed by atoms with van der Waals surface area (Å²) in [6.45, 7) is 1.46. The van der Waals surface area contributed by atoms with E-state index in [2.05, 4.69) is 5.16 Å². The van der Waals surface area contributed by atoms with Crippen molar-refractivity contribution in [2.75, 3.05) is 26.1 Å². The van der Waals surface area contributed by atoms with Crippen molar-refractivity contribution in [3.63, 3.8) is 0 Å². The first-order valence-corrected chi connectivity index (χ1v) is 6.77. The van der Waals surface area contributed by atoms with Crippen LogP contribution in [-0.2, 0) is 4.74 Å². The van der Waals surface area contributed by atoms with Gasteiger partial charge in [-0.15, -0.1) is 0 Å². The molecule has 2 N–H and O–H groups in total. The first kappa shape index (κ1) is 13.0. The van der Waals surface area contributed by atoms with Gasteiger partial charge in [0.15, 0.2) is 11.6 Å². The van der Waals surface area contributed by atoms with Gasteiger partial charge in [-0.1, -0.05) is 23.4 Å². The molecule has 0 radical (unpaired) electrons. The van der Waals surface area contributed by atoms with Crippen LogP contribution >= 0.6 is 0 Å². The lowest BCUT2D eigenvalue weighted by Gasteiger charge is -2.21. The van der Waals surface area contributed by atoms with Gasteiger partial charge in [-0.25, -0.2) is 0 Å². The van der Waals surface area contributed by atoms with Crippen LogP contribution in [0.25, 0.3) is 11.1 Å². The molecule has 5 nitrogen and oxygen atoms in total. The maximum Gasteiger partial charge on any atom is 0.175 e. The Hall–Kier alpha value is -2.01. The highest BCUT2D eigenvalue weighted by molar-refractivity contribution is 5.80. The molecule has 3 rings (SSSR count). The fourth-order valence-electron chi connectivity index (χ4n) is 2.66. The zero-order valence-electron chi connectivity index (χ0n) is 11.5. The summed E-state index contributed by atoms with van der Waals surface area (Å²) in [4.78, 5) is 0. The van der Waals surface area contributed by atoms with E-state index in [0.717, 1.165) is 42.1 Å². The van der Waals surface area contributed by atoms with Gasteiger partial charge < -0.3 is 19.7 Å². The predicted molar refractivity (Wildman–Crippen MR) is 75.7 cm³/mol. The quantitative estimate of drug-likeness (QED) is 0.931. The summed E-state index contributed by atoms with van der Waals surface area (Å²) >= 11 is 0. The van der Waals surface area contributed by atoms with Gasteiger partial charge in [0, 0.05) is 18.1 Å². The third-order valence-corrected chi connectivity index (χ3v) is 3.65. The summed E-state index contributed by atoms with van der Waals surface area (Å²) in [5.74, 6) is 2.16. The second kappa shape index (κ2) is 5.54. The summed E-state index contributed by atoms with van der Waals surface area (Å²) in [7, 11) is 1.64. The SMILES string of the molecule is COc1ccccc1-c1c(N)noc1C1CCCOC1. The highest BCUT2D eigenvalue weighted by atomic mass is 16.5. The van der Waals surface area contributed by atoms with Gasteiger partial charge in [-0.2, -0.15) is 0 Å². The molecule has 1 aliphatic rings. The zero-order valence-corrected chi connectivity index (χ0v) is 11.5. The Bertz CT molecular complexity index is 589. The topological polar surface area (TPSA) is 70.5 Å². The lowest BCUT2D eigenvalue weighted by molar-refractivity contribution is 0.0723. The van der Waals surface area contributed by atoms with Crippen molar-refractivity contribution in [1.29, 1.82) is 0 Å². The lowest BCUT2D eigenvalue weighted by atomic mass is 9.93. The Balaban J connectivity index is 2.06. The number of anilines is 1. The summed E-state index contributed by atoms with van der Waals surface area (Å²) in [5.41, 5.74) is 7.75. The van der Waals surface area contributed by atoms with Gasteiger partial charge in [-0.3, -0.25) is 0 Å². The van der Waals surface area contributed by atoms with Gasteiger partial charge in [-0.05, 0) is 18.9 Å². The van der Waals surface area contributed by atoms with Gasteiger partial charge in [0.25, 0.3) is 0 Å². The molecule has 0 spiro atoms. The van der Waals surface area contributed by atoms with Crippen molar-refractivity contribution in [1.82, 2.24) is 5.16 Å². The van der Waals surface area contributed by atoms with Gasteiger partial charge >= 0.3 is 0 Å². The average Bonchev–Trinajstić information content (AvgIpc) is 2.89. The third kappa shape index (κ3) is 2.25. The molecule has 1 atom stereocenters. The highest BCUT2D eigenvalue weighted by Gasteiger charge is 2.27. The third-order valence-electron chi connectivity index (χ3n) is 3.65. The molecular formula is C15H18N2O3. The van der Waals surface area contributed by atoms with Crippen molar-refractivity contribution in [2.45, 2.75) is 18.8 Å². The van der Waals surface area contributed by atoms with Gasteiger partial charge in [0.05, 0.1) is 19.3 Å². The van der Waals surface area contributed by atoms with Crippen LogP contribution in [0.15, 0.2) is 28.8 Å². The van der Waals surface area contributed by atoms with Crippen molar-refractivity contribution in [3.05, 3.63) is 30.0 Å². The van der Waals surface area contributed by atoms with Crippen molar-refractivity contribution in [3.8, 4) is 16.9 Å². The van der Waals surface area contributed by atoms with Gasteiger partial charge in [0.1, 0.15) is 5.75 Å². The van der Waals surface area contributed by atoms with E-state index >= 15 is 0 Å². The standard InChI is InChI=1S/C15H18N2O3/c1-18-12-7-3-2-6-11(12)13-14(20-17-15(13)16)10-5-4-8-19-9-10/h2-3,6-7,10H,4-5,8-9H2,1H3,(H2,16,17). The summed E-state index contributed by atoms with van der Waals surface area (Å²) in [5, 5.41) is 3.94. The molecular weight excluding hydrogens is 256 g/mol. The Morgan fingerprint density at radius 1 is 1.35 bits per heavy atom. The molecule has 2 aromatic rings. The number of nitrogens with two attached hydrogens (primary N) is 1. The number of methoxy groups -OCH3 is 1. The minimum absolute atomic E-state index is 0.202. The normalized spacial score (nSPS) is 18.9. The number of para-hydroxylation sites is 1. The summed E-state index contributed by atoms with van der Waals surface area (Å²) < 4.78 is 16.4. The van der Waals surface area contributed by atoms with Gasteiger partial charge in [0.2, 0.25) is 0 Å². The number of hydrogen-bond acceptors (Lipinski definition) is 5. The van der Waals surface area contributed by atoms with Crippen LogP contribution in [0.4, 0.5) is 5.82 Å². The maximum atomic E-state index is 6.00. The molecule has 1 fully saturated rings. The van der Waals surface area contributed by atoms with Crippen molar-refractivity contribution >= 4 is 5.82 Å². The largest absolute Gasteiger partial charge is 0.496 e. The Labute approximate surface area is 117 Å². The molecule has 1 aliphatic heterocycles. The van der Waals surface area contributed by atoms with E-state index < -0.39 is 0 Å². The monoisotopic (exact) mass is 274 g/mol. The molecule has 0 bridgehead atoms. The molecule has 0 aliphatic carbocycles. The molecule has 0 saturated carbocycles. The fraction of sp³-hybridized carbons (Fsp3) is 0.400. The van der Waals surface area contributed by atoms with Crippen LogP contribution in [-0.4, -0.2) is 25.5 Å². The average molecular weight is 274 g/mol. The minimum atomic E-state index is 0.202. The number of ether oxygens (including phenoxy) is 2. The Morgan fingerprint density at radius 3 is 2.95 bits per heavy atom. The van der Waals surface area contributed by atoms with Crippen LogP contribution in [0.5, 0.6) is 5.75 Å². The lowest BCUT2D eigenvalue weighted by Crippen LogP contribution is -2.15. The molecule has 1 aromatic heterocycles. The van der Waals surface area contributed by atoms with E-state index in [0.29, 0.717) is 12.4 Å². The fourth-order valence-corrected chi connectivity index (χ4v) is 2.66. The summed E-state index contributed by atoms with van der Waals surface area (Å²) in [6, 6.07) is 7.75. The first-order valence-electron chi connectivity index (χ1n) is 6.77. The first-order chi connectivity index (χ1) is 9.81. The van der Waals surface area contributed by atoms with E-state index in [1.165, 1.54) is 0 Å². The Morgan fingerprint density at radius 2 is 2.20 bits per heavy atom. The van der Waals surface area contributed by atoms with Crippen molar-refractivity contribution in [2.24, 2.45) is 0 Å². The number of aromatic nitrogens is 1. The Kier molecular flexibility index (Phi) is 3.60. The number of hydrogen-bond donors (Lipinski definition) is 1. The molecule has 1 unspecified atom stereocenters. The maximum absolute atomic E-state index is 6.00. The molecule has 0 amide bonds. The van der Waals surface area contributed by atoms with Crippen LogP contribution in [0, 0.1) is 0 Å². The van der Waals surface area contributed by atoms with E-state index in [4.69, 9.17) is 19.7 Å². The van der Waals surface area contributed by atoms with E-state index in [9.17, 15) is 0 Å². The van der Waals surface area contributed by atoms with Crippen LogP contribution in [0.2, 0.25) is 0 Å².